The normalized spacial score (nSPS) is 10.5. The second-order valence-corrected chi connectivity index (χ2v) is 6.93. The quantitative estimate of drug-likeness (QED) is 0.555. The predicted octanol–water partition coefficient (Wildman–Crippen LogP) is 2.59. The van der Waals surface area contributed by atoms with Crippen molar-refractivity contribution in [1.29, 1.82) is 0 Å². The minimum absolute atomic E-state index is 0.0972. The second kappa shape index (κ2) is 9.69. The van der Waals surface area contributed by atoms with Gasteiger partial charge in [0.1, 0.15) is 5.75 Å². The molecule has 3 rings (SSSR count). The van der Waals surface area contributed by atoms with E-state index in [4.69, 9.17) is 9.26 Å². The Kier molecular flexibility index (Phi) is 6.79. The monoisotopic (exact) mass is 408 g/mol. The molecule has 2 amide bonds. The zero-order valence-corrected chi connectivity index (χ0v) is 17.2. The van der Waals surface area contributed by atoms with E-state index in [1.807, 2.05) is 63.2 Å². The molecule has 0 saturated heterocycles. The van der Waals surface area contributed by atoms with E-state index in [1.165, 1.54) is 0 Å². The third-order valence-electron chi connectivity index (χ3n) is 4.51. The van der Waals surface area contributed by atoms with Crippen LogP contribution in [0, 0.1) is 20.8 Å². The van der Waals surface area contributed by atoms with Crippen LogP contribution < -0.4 is 15.4 Å². The molecule has 2 aromatic carbocycles. The van der Waals surface area contributed by atoms with E-state index in [1.54, 1.807) is 0 Å². The Morgan fingerprint density at radius 3 is 2.43 bits per heavy atom. The van der Waals surface area contributed by atoms with E-state index in [0.717, 1.165) is 22.3 Å². The third-order valence-corrected chi connectivity index (χ3v) is 4.51. The minimum atomic E-state index is -0.499. The van der Waals surface area contributed by atoms with Gasteiger partial charge in [0.2, 0.25) is 5.82 Å². The summed E-state index contributed by atoms with van der Waals surface area (Å²) in [5, 5.41) is 9.13. The van der Waals surface area contributed by atoms with Crippen LogP contribution in [0.4, 0.5) is 0 Å². The first-order valence-corrected chi connectivity index (χ1v) is 9.58. The number of nitrogens with one attached hydrogen (secondary N) is 2. The van der Waals surface area contributed by atoms with E-state index >= 15 is 0 Å². The van der Waals surface area contributed by atoms with Gasteiger partial charge in [-0.25, -0.2) is 0 Å². The number of carbonyl (C=O) groups is 2. The summed E-state index contributed by atoms with van der Waals surface area (Å²) in [5.74, 6) is 0.0812. The van der Waals surface area contributed by atoms with Crippen molar-refractivity contribution >= 4 is 11.8 Å². The number of hydrogen-bond donors (Lipinski definition) is 2. The SMILES string of the molecule is Cc1ccc(-c2noc(C(=O)NCCNC(=O)COc3ccc(C)c(C)c3)n2)cc1. The summed E-state index contributed by atoms with van der Waals surface area (Å²) in [6.45, 7) is 6.35. The highest BCUT2D eigenvalue weighted by molar-refractivity contribution is 5.89. The van der Waals surface area contributed by atoms with E-state index in [2.05, 4.69) is 20.8 Å². The van der Waals surface area contributed by atoms with Gasteiger partial charge in [-0.3, -0.25) is 9.59 Å². The summed E-state index contributed by atoms with van der Waals surface area (Å²) < 4.78 is 10.5. The van der Waals surface area contributed by atoms with E-state index in [-0.39, 0.29) is 31.5 Å². The highest BCUT2D eigenvalue weighted by atomic mass is 16.5. The molecule has 1 aromatic heterocycles. The average Bonchev–Trinajstić information content (AvgIpc) is 3.23. The summed E-state index contributed by atoms with van der Waals surface area (Å²) >= 11 is 0. The molecule has 0 fully saturated rings. The predicted molar refractivity (Wildman–Crippen MR) is 111 cm³/mol. The maximum atomic E-state index is 12.1. The lowest BCUT2D eigenvalue weighted by Crippen LogP contribution is -2.36. The molecule has 2 N–H and O–H groups in total. The van der Waals surface area contributed by atoms with E-state index in [0.29, 0.717) is 11.6 Å². The lowest BCUT2D eigenvalue weighted by Gasteiger charge is -2.09. The molecule has 0 bridgehead atoms. The number of aryl methyl sites for hydroxylation is 3. The fourth-order valence-corrected chi connectivity index (χ4v) is 2.59. The molecule has 0 radical (unpaired) electrons. The van der Waals surface area contributed by atoms with Gasteiger partial charge >= 0.3 is 11.8 Å². The molecule has 8 nitrogen and oxygen atoms in total. The molecule has 1 heterocycles. The summed E-state index contributed by atoms with van der Waals surface area (Å²) in [5.41, 5.74) is 4.14. The van der Waals surface area contributed by atoms with Gasteiger partial charge in [-0.15, -0.1) is 0 Å². The molecule has 8 heteroatoms. The summed E-state index contributed by atoms with van der Waals surface area (Å²) in [4.78, 5) is 28.1. The Hall–Kier alpha value is -3.68. The van der Waals surface area contributed by atoms with Gasteiger partial charge < -0.3 is 19.9 Å². The summed E-state index contributed by atoms with van der Waals surface area (Å²) in [6, 6.07) is 13.2. The Labute approximate surface area is 174 Å². The van der Waals surface area contributed by atoms with Gasteiger partial charge in [-0.1, -0.05) is 41.1 Å². The molecule has 0 atom stereocenters. The van der Waals surface area contributed by atoms with Crippen molar-refractivity contribution in [1.82, 2.24) is 20.8 Å². The number of ether oxygens (including phenoxy) is 1. The molecular formula is C22H24N4O4. The zero-order valence-electron chi connectivity index (χ0n) is 17.2. The number of hydrogen-bond acceptors (Lipinski definition) is 6. The molecule has 0 aliphatic heterocycles. The Balaban J connectivity index is 1.38. The Bertz CT molecular complexity index is 1030. The van der Waals surface area contributed by atoms with Crippen molar-refractivity contribution < 1.29 is 18.8 Å². The standard InChI is InChI=1S/C22H24N4O4/c1-14-4-7-17(8-5-14)20-25-22(30-26-20)21(28)24-11-10-23-19(27)13-29-18-9-6-15(2)16(3)12-18/h4-9,12H,10-11,13H2,1-3H3,(H,23,27)(H,24,28). The van der Waals surface area contributed by atoms with Crippen LogP contribution in [0.5, 0.6) is 5.75 Å². The van der Waals surface area contributed by atoms with Gasteiger partial charge in [0.05, 0.1) is 0 Å². The highest BCUT2D eigenvalue weighted by Gasteiger charge is 2.15. The summed E-state index contributed by atoms with van der Waals surface area (Å²) in [6.07, 6.45) is 0. The average molecular weight is 408 g/mol. The first-order valence-electron chi connectivity index (χ1n) is 9.58. The van der Waals surface area contributed by atoms with E-state index in [9.17, 15) is 9.59 Å². The van der Waals surface area contributed by atoms with Gasteiger partial charge in [-0.2, -0.15) is 4.98 Å². The smallest absolute Gasteiger partial charge is 0.316 e. The molecule has 0 spiro atoms. The Morgan fingerprint density at radius 2 is 1.70 bits per heavy atom. The third kappa shape index (κ3) is 5.66. The number of amides is 2. The van der Waals surface area contributed by atoms with Crippen LogP contribution in [0.1, 0.15) is 27.4 Å². The van der Waals surface area contributed by atoms with Crippen molar-refractivity contribution in [3.05, 3.63) is 65.0 Å². The largest absolute Gasteiger partial charge is 0.484 e. The van der Waals surface area contributed by atoms with Gasteiger partial charge in [0.15, 0.2) is 6.61 Å². The lowest BCUT2D eigenvalue weighted by molar-refractivity contribution is -0.123. The van der Waals surface area contributed by atoms with Crippen LogP contribution >= 0.6 is 0 Å². The first-order chi connectivity index (χ1) is 14.4. The molecule has 0 unspecified atom stereocenters. The fourth-order valence-electron chi connectivity index (χ4n) is 2.59. The Morgan fingerprint density at radius 1 is 0.967 bits per heavy atom. The van der Waals surface area contributed by atoms with Crippen LogP contribution in [0.25, 0.3) is 11.4 Å². The van der Waals surface area contributed by atoms with Crippen molar-refractivity contribution in [2.75, 3.05) is 19.7 Å². The minimum Gasteiger partial charge on any atom is -0.484 e. The molecule has 156 valence electrons. The number of nitrogens with zero attached hydrogens (tertiary/aromatic N) is 2. The molecule has 0 aliphatic rings. The molecular weight excluding hydrogens is 384 g/mol. The molecule has 3 aromatic rings. The highest BCUT2D eigenvalue weighted by Crippen LogP contribution is 2.17. The zero-order chi connectivity index (χ0) is 21.5. The lowest BCUT2D eigenvalue weighted by atomic mass is 10.1. The maximum absolute atomic E-state index is 12.1. The molecule has 30 heavy (non-hydrogen) atoms. The second-order valence-electron chi connectivity index (χ2n) is 6.93. The maximum Gasteiger partial charge on any atom is 0.316 e. The van der Waals surface area contributed by atoms with Gasteiger partial charge in [0.25, 0.3) is 5.91 Å². The van der Waals surface area contributed by atoms with Crippen molar-refractivity contribution in [2.24, 2.45) is 0 Å². The van der Waals surface area contributed by atoms with Crippen LogP contribution in [0.3, 0.4) is 0 Å². The molecule has 0 saturated carbocycles. The number of aromatic nitrogens is 2. The van der Waals surface area contributed by atoms with Gasteiger partial charge in [0, 0.05) is 18.7 Å². The number of benzene rings is 2. The van der Waals surface area contributed by atoms with Crippen LogP contribution in [0.2, 0.25) is 0 Å². The fraction of sp³-hybridized carbons (Fsp3) is 0.273. The number of rotatable bonds is 8. The van der Waals surface area contributed by atoms with Crippen molar-refractivity contribution in [3.63, 3.8) is 0 Å². The summed E-state index contributed by atoms with van der Waals surface area (Å²) in [7, 11) is 0. The van der Waals surface area contributed by atoms with E-state index < -0.39 is 5.91 Å². The first kappa shape index (κ1) is 21.0. The van der Waals surface area contributed by atoms with Crippen molar-refractivity contribution in [3.8, 4) is 17.1 Å². The van der Waals surface area contributed by atoms with Gasteiger partial charge in [-0.05, 0) is 44.0 Å². The van der Waals surface area contributed by atoms with Crippen LogP contribution in [0.15, 0.2) is 47.0 Å². The van der Waals surface area contributed by atoms with Crippen LogP contribution in [-0.2, 0) is 4.79 Å². The van der Waals surface area contributed by atoms with Crippen LogP contribution in [-0.4, -0.2) is 41.7 Å². The van der Waals surface area contributed by atoms with Crippen molar-refractivity contribution in [2.45, 2.75) is 20.8 Å². The topological polar surface area (TPSA) is 106 Å². The number of carbonyl (C=O) groups excluding carboxylic acids is 2. The molecule has 0 aliphatic carbocycles.